The first kappa shape index (κ1) is 47.2. The monoisotopic (exact) mass is 944 g/mol. The van der Waals surface area contributed by atoms with Crippen molar-refractivity contribution in [1.29, 1.82) is 0 Å². The van der Waals surface area contributed by atoms with Gasteiger partial charge in [0, 0.05) is 96.4 Å². The van der Waals surface area contributed by atoms with Gasteiger partial charge in [-0.3, -0.25) is 37.9 Å². The molecule has 16 nitrogen and oxygen atoms in total. The van der Waals surface area contributed by atoms with Gasteiger partial charge < -0.3 is 20.4 Å². The highest BCUT2D eigenvalue weighted by Crippen LogP contribution is 2.35. The summed E-state index contributed by atoms with van der Waals surface area (Å²) < 4.78 is 4.27. The van der Waals surface area contributed by atoms with Gasteiger partial charge >= 0.3 is 0 Å². The van der Waals surface area contributed by atoms with Crippen molar-refractivity contribution < 1.29 is 19.2 Å². The van der Waals surface area contributed by atoms with Crippen LogP contribution in [0.15, 0.2) is 135 Å². The zero-order chi connectivity index (χ0) is 49.4. The summed E-state index contributed by atoms with van der Waals surface area (Å²) in [7, 11) is 0. The SMILES string of the molecule is C=CC(=O)N1CCC[C@@H](c2nc(-c3ccc(C(=O)Nc4ccccn4)cc3)c3cncc(C)n23)C1.CC#CC(=O)N1CCC[C@@H](c2nc(-c3ccc(C(=O)Nc4ccccn4)cc3)c3cncc(C)n23)C1. The van der Waals surface area contributed by atoms with Crippen LogP contribution in [0.3, 0.4) is 0 Å². The van der Waals surface area contributed by atoms with Gasteiger partial charge in [0.1, 0.15) is 23.3 Å². The molecule has 0 aliphatic carbocycles. The van der Waals surface area contributed by atoms with E-state index in [1.54, 1.807) is 67.8 Å². The average molecular weight is 945 g/mol. The number of rotatable bonds is 9. The van der Waals surface area contributed by atoms with Crippen molar-refractivity contribution >= 4 is 46.3 Å². The second-order valence-corrected chi connectivity index (χ2v) is 17.5. The molecule has 356 valence electrons. The summed E-state index contributed by atoms with van der Waals surface area (Å²) in [6.45, 7) is 12.0. The van der Waals surface area contributed by atoms with E-state index in [4.69, 9.17) is 9.97 Å². The molecule has 16 heteroatoms. The highest BCUT2D eigenvalue weighted by molar-refractivity contribution is 6.05. The molecule has 0 radical (unpaired) electrons. The van der Waals surface area contributed by atoms with Gasteiger partial charge in [-0.1, -0.05) is 48.9 Å². The average Bonchev–Trinajstić information content (AvgIpc) is 4.01. The first-order valence-electron chi connectivity index (χ1n) is 23.5. The third-order valence-corrected chi connectivity index (χ3v) is 12.7. The predicted molar refractivity (Wildman–Crippen MR) is 271 cm³/mol. The van der Waals surface area contributed by atoms with Crippen molar-refractivity contribution in [3.8, 4) is 34.4 Å². The Morgan fingerprint density at radius 3 is 1.54 bits per heavy atom. The van der Waals surface area contributed by atoms with Crippen LogP contribution in [0.2, 0.25) is 0 Å². The van der Waals surface area contributed by atoms with E-state index in [1.807, 2.05) is 84.8 Å². The number of anilines is 2. The second kappa shape index (κ2) is 21.2. The van der Waals surface area contributed by atoms with Crippen LogP contribution < -0.4 is 10.6 Å². The maximum atomic E-state index is 12.6. The smallest absolute Gasteiger partial charge is 0.298 e. The lowest BCUT2D eigenvalue weighted by Gasteiger charge is -2.31. The van der Waals surface area contributed by atoms with E-state index < -0.39 is 0 Å². The van der Waals surface area contributed by atoms with E-state index in [-0.39, 0.29) is 35.5 Å². The molecule has 0 spiro atoms. The lowest BCUT2D eigenvalue weighted by atomic mass is 9.97. The van der Waals surface area contributed by atoms with Crippen LogP contribution >= 0.6 is 0 Å². The van der Waals surface area contributed by atoms with E-state index in [9.17, 15) is 19.2 Å². The number of carbonyl (C=O) groups is 4. The van der Waals surface area contributed by atoms with Crippen molar-refractivity contribution in [3.05, 3.63) is 169 Å². The Kier molecular flexibility index (Phi) is 14.1. The molecule has 6 aromatic heterocycles. The number of aromatic nitrogens is 8. The number of piperidine rings is 2. The Labute approximate surface area is 411 Å². The molecule has 10 rings (SSSR count). The molecule has 71 heavy (non-hydrogen) atoms. The molecule has 8 heterocycles. The van der Waals surface area contributed by atoms with E-state index in [1.165, 1.54) is 6.08 Å². The van der Waals surface area contributed by atoms with Crippen LogP contribution in [0.5, 0.6) is 0 Å². The lowest BCUT2D eigenvalue weighted by Crippen LogP contribution is -2.39. The van der Waals surface area contributed by atoms with Gasteiger partial charge in [0.15, 0.2) is 0 Å². The van der Waals surface area contributed by atoms with Crippen molar-refractivity contribution in [2.24, 2.45) is 0 Å². The third-order valence-electron chi connectivity index (χ3n) is 12.7. The van der Waals surface area contributed by atoms with Crippen molar-refractivity contribution in [1.82, 2.24) is 48.5 Å². The molecule has 8 aromatic rings. The standard InChI is InChI=1S/C28H26N6O2.C27H26N6O2/c1-3-7-25(35)33-15-6-8-22(18-33)27-32-26(23-17-29-16-19(2)34(23)27)20-10-12-21(13-11-20)28(36)31-24-9-4-5-14-30-24;1-3-24(34)32-14-6-7-21(17-32)26-31-25(22-16-28-15-18(2)33(22)26)19-9-11-20(12-10-19)27(35)30-23-8-4-5-13-29-23/h4-5,9-14,16-17,22H,6,8,15,18H2,1-2H3,(H,30,31,36);3-5,8-13,15-16,21H,1,6-7,14,17H2,2H3,(H,29,30,35)/t22-;21-/m11/s1. The Morgan fingerprint density at radius 2 is 1.10 bits per heavy atom. The number of fused-ring (bicyclic) bond motifs is 2. The van der Waals surface area contributed by atoms with E-state index in [0.717, 1.165) is 88.8 Å². The van der Waals surface area contributed by atoms with Gasteiger partial charge in [-0.05, 0) is 107 Å². The highest BCUT2D eigenvalue weighted by atomic mass is 16.2. The minimum atomic E-state index is -0.227. The number of likely N-dealkylation sites (tertiary alicyclic amines) is 2. The number of hydrogen-bond donors (Lipinski definition) is 2. The van der Waals surface area contributed by atoms with Gasteiger partial charge in [0.25, 0.3) is 17.7 Å². The first-order chi connectivity index (χ1) is 34.6. The molecule has 2 aliphatic rings. The van der Waals surface area contributed by atoms with E-state index in [2.05, 4.69) is 57.8 Å². The molecule has 4 amide bonds. The van der Waals surface area contributed by atoms with Gasteiger partial charge in [-0.2, -0.15) is 0 Å². The maximum Gasteiger partial charge on any atom is 0.298 e. The zero-order valence-electron chi connectivity index (χ0n) is 39.7. The van der Waals surface area contributed by atoms with Crippen LogP contribution in [0.1, 0.15) is 88.2 Å². The molecular weight excluding hydrogens is 893 g/mol. The van der Waals surface area contributed by atoms with Crippen LogP contribution in [0.25, 0.3) is 33.5 Å². The molecule has 0 bridgehead atoms. The quantitative estimate of drug-likeness (QED) is 0.105. The summed E-state index contributed by atoms with van der Waals surface area (Å²) in [5, 5.41) is 5.60. The highest BCUT2D eigenvalue weighted by Gasteiger charge is 2.30. The Bertz CT molecular complexity index is 3320. The summed E-state index contributed by atoms with van der Waals surface area (Å²) >= 11 is 0. The summed E-state index contributed by atoms with van der Waals surface area (Å²) in [4.78, 5) is 80.8. The Balaban J connectivity index is 0.000000176. The number of amides is 4. The van der Waals surface area contributed by atoms with Gasteiger partial charge in [0.2, 0.25) is 5.91 Å². The molecule has 2 atom stereocenters. The molecule has 2 aliphatic heterocycles. The topological polar surface area (TPSA) is 185 Å². The summed E-state index contributed by atoms with van der Waals surface area (Å²) in [6, 6.07) is 25.5. The summed E-state index contributed by atoms with van der Waals surface area (Å²) in [5.74, 6) is 7.78. The van der Waals surface area contributed by atoms with Crippen molar-refractivity contribution in [2.45, 2.75) is 58.3 Å². The fraction of sp³-hybridized carbons (Fsp3) is 0.236. The van der Waals surface area contributed by atoms with Crippen molar-refractivity contribution in [3.63, 3.8) is 0 Å². The van der Waals surface area contributed by atoms with Gasteiger partial charge in [-0.15, -0.1) is 0 Å². The van der Waals surface area contributed by atoms with Crippen LogP contribution in [0.4, 0.5) is 11.6 Å². The van der Waals surface area contributed by atoms with Crippen molar-refractivity contribution in [2.75, 3.05) is 36.8 Å². The Hall–Kier alpha value is -8.84. The molecule has 0 unspecified atom stereocenters. The molecular formula is C55H52N12O4. The number of pyridine rings is 2. The number of imidazole rings is 2. The largest absolute Gasteiger partial charge is 0.338 e. The molecule has 2 aromatic carbocycles. The molecule has 2 saturated heterocycles. The van der Waals surface area contributed by atoms with Crippen LogP contribution in [-0.2, 0) is 9.59 Å². The minimum absolute atomic E-state index is 0.0475. The predicted octanol–water partition coefficient (Wildman–Crippen LogP) is 8.33. The number of benzene rings is 2. The van der Waals surface area contributed by atoms with Crippen LogP contribution in [-0.4, -0.2) is 98.3 Å². The normalized spacial score (nSPS) is 15.5. The zero-order valence-corrected chi connectivity index (χ0v) is 39.7. The summed E-state index contributed by atoms with van der Waals surface area (Å²) in [5.41, 5.74) is 8.20. The fourth-order valence-electron chi connectivity index (χ4n) is 9.29. The van der Waals surface area contributed by atoms with Gasteiger partial charge in [-0.25, -0.2) is 19.9 Å². The second-order valence-electron chi connectivity index (χ2n) is 17.5. The maximum absolute atomic E-state index is 12.6. The van der Waals surface area contributed by atoms with Gasteiger partial charge in [0.05, 0.1) is 34.8 Å². The minimum Gasteiger partial charge on any atom is -0.338 e. The lowest BCUT2D eigenvalue weighted by molar-refractivity contribution is -0.127. The number of aryl methyl sites for hydroxylation is 2. The third kappa shape index (κ3) is 10.3. The van der Waals surface area contributed by atoms with E-state index >= 15 is 0 Å². The summed E-state index contributed by atoms with van der Waals surface area (Å²) in [6.07, 6.45) is 15.6. The fourth-order valence-corrected chi connectivity index (χ4v) is 9.29. The number of hydrogen-bond acceptors (Lipinski definition) is 10. The molecule has 2 N–H and O–H groups in total. The number of carbonyl (C=O) groups excluding carboxylic acids is 4. The van der Waals surface area contributed by atoms with Crippen LogP contribution in [0, 0.1) is 25.7 Å². The molecule has 0 saturated carbocycles. The molecule has 2 fully saturated rings. The van der Waals surface area contributed by atoms with E-state index in [0.29, 0.717) is 42.4 Å². The number of nitrogens with one attached hydrogen (secondary N) is 2. The Morgan fingerprint density at radius 1 is 0.634 bits per heavy atom. The number of nitrogens with zero attached hydrogens (tertiary/aromatic N) is 10. The first-order valence-corrected chi connectivity index (χ1v) is 23.5.